The van der Waals surface area contributed by atoms with Gasteiger partial charge in [0.05, 0.1) is 5.69 Å². The molecule has 222 valence electrons. The lowest BCUT2D eigenvalue weighted by atomic mass is 9.77. The number of nitrogens with zero attached hydrogens (tertiary/aromatic N) is 1. The molecule has 1 aliphatic heterocycles. The molecule has 0 aromatic heterocycles. The molecule has 4 aliphatic carbocycles. The predicted molar refractivity (Wildman–Crippen MR) is 197 cm³/mol. The first-order chi connectivity index (χ1) is 23.0. The SMILES string of the molecule is C=C1c2ccc([C@]34C=CC=C(C5=c6ccc7cccc8c7c6C(C=C5)CC=8)C3C4=C)cc2/N=C(\C)c2ccccc2-c2ccccc21. The molecule has 47 heavy (non-hydrogen) atoms. The van der Waals surface area contributed by atoms with Gasteiger partial charge in [-0.3, -0.25) is 4.99 Å². The summed E-state index contributed by atoms with van der Waals surface area (Å²) in [5.41, 5.74) is 15.2. The van der Waals surface area contributed by atoms with E-state index in [0.717, 1.165) is 40.1 Å². The van der Waals surface area contributed by atoms with E-state index in [9.17, 15) is 0 Å². The van der Waals surface area contributed by atoms with Crippen molar-refractivity contribution >= 4 is 39.4 Å². The van der Waals surface area contributed by atoms with Gasteiger partial charge in [-0.25, -0.2) is 0 Å². The molecule has 5 aromatic carbocycles. The van der Waals surface area contributed by atoms with Crippen molar-refractivity contribution in [3.63, 3.8) is 0 Å². The number of fused-ring (bicyclic) bond motifs is 5. The van der Waals surface area contributed by atoms with Crippen LogP contribution >= 0.6 is 0 Å². The normalized spacial score (nSPS) is 24.0. The van der Waals surface area contributed by atoms with Crippen molar-refractivity contribution in [1.29, 1.82) is 0 Å². The van der Waals surface area contributed by atoms with Gasteiger partial charge in [-0.2, -0.15) is 0 Å². The fourth-order valence-corrected chi connectivity index (χ4v) is 9.00. The van der Waals surface area contributed by atoms with Crippen LogP contribution in [0.5, 0.6) is 0 Å². The molecule has 1 fully saturated rings. The summed E-state index contributed by atoms with van der Waals surface area (Å²) in [6.07, 6.45) is 15.2. The van der Waals surface area contributed by atoms with Crippen molar-refractivity contribution in [2.45, 2.75) is 24.7 Å². The number of hydrogen-bond donors (Lipinski definition) is 0. The van der Waals surface area contributed by atoms with Gasteiger partial charge in [-0.15, -0.1) is 0 Å². The third kappa shape index (κ3) is 3.57. The third-order valence-electron chi connectivity index (χ3n) is 11.3. The molecule has 1 heterocycles. The van der Waals surface area contributed by atoms with Crippen LogP contribution in [-0.2, 0) is 5.41 Å². The van der Waals surface area contributed by atoms with Gasteiger partial charge in [-0.05, 0) is 85.2 Å². The van der Waals surface area contributed by atoms with Crippen LogP contribution in [0.25, 0.3) is 39.1 Å². The van der Waals surface area contributed by atoms with Gasteiger partial charge in [0.1, 0.15) is 0 Å². The molecule has 10 rings (SSSR count). The Bertz CT molecular complexity index is 2550. The van der Waals surface area contributed by atoms with Crippen molar-refractivity contribution in [3.05, 3.63) is 190 Å². The Morgan fingerprint density at radius 2 is 1.57 bits per heavy atom. The Kier molecular flexibility index (Phi) is 5.39. The molecule has 1 nitrogen and oxygen atoms in total. The van der Waals surface area contributed by atoms with Crippen molar-refractivity contribution in [3.8, 4) is 11.1 Å². The first-order valence-electron chi connectivity index (χ1n) is 16.7. The molecule has 5 aromatic rings. The number of aliphatic imine (C=N–C) groups is 1. The number of hydrogen-bond acceptors (Lipinski definition) is 1. The van der Waals surface area contributed by atoms with Gasteiger partial charge in [0.2, 0.25) is 0 Å². The third-order valence-corrected chi connectivity index (χ3v) is 11.3. The second-order valence-electron chi connectivity index (χ2n) is 13.6. The lowest BCUT2D eigenvalue weighted by Crippen LogP contribution is -2.26. The maximum Gasteiger partial charge on any atom is 0.0714 e. The molecule has 0 saturated heterocycles. The maximum atomic E-state index is 5.32. The van der Waals surface area contributed by atoms with E-state index in [2.05, 4.69) is 147 Å². The zero-order valence-electron chi connectivity index (χ0n) is 26.4. The first-order valence-corrected chi connectivity index (χ1v) is 16.7. The second-order valence-corrected chi connectivity index (χ2v) is 13.6. The Balaban J connectivity index is 1.13. The summed E-state index contributed by atoms with van der Waals surface area (Å²) in [7, 11) is 0. The average Bonchev–Trinajstić information content (AvgIpc) is 3.74. The van der Waals surface area contributed by atoms with Crippen molar-refractivity contribution in [2.75, 3.05) is 0 Å². The van der Waals surface area contributed by atoms with Crippen LogP contribution in [0.1, 0.15) is 47.1 Å². The molecule has 3 atom stereocenters. The summed E-state index contributed by atoms with van der Waals surface area (Å²) in [5.74, 6) is 0.655. The molecular weight excluding hydrogens is 567 g/mol. The molecule has 5 aliphatic rings. The van der Waals surface area contributed by atoms with Crippen LogP contribution in [0.3, 0.4) is 0 Å². The van der Waals surface area contributed by atoms with E-state index in [-0.39, 0.29) is 11.3 Å². The zero-order chi connectivity index (χ0) is 31.4. The Hall–Kier alpha value is -5.53. The number of benzene rings is 5. The molecule has 0 amide bonds. The molecule has 0 N–H and O–H groups in total. The van der Waals surface area contributed by atoms with Crippen molar-refractivity contribution in [1.82, 2.24) is 0 Å². The van der Waals surface area contributed by atoms with E-state index in [1.165, 1.54) is 60.2 Å². The topological polar surface area (TPSA) is 12.4 Å². The summed E-state index contributed by atoms with van der Waals surface area (Å²) in [6, 6.07) is 35.4. The Morgan fingerprint density at radius 3 is 2.43 bits per heavy atom. The van der Waals surface area contributed by atoms with Gasteiger partial charge in [0, 0.05) is 34.1 Å². The molecule has 0 bridgehead atoms. The minimum Gasteiger partial charge on any atom is -0.252 e. The molecule has 1 saturated carbocycles. The molecular formula is C46H33N. The minimum atomic E-state index is -0.247. The van der Waals surface area contributed by atoms with Gasteiger partial charge in [-0.1, -0.05) is 146 Å². The van der Waals surface area contributed by atoms with Crippen molar-refractivity contribution < 1.29 is 0 Å². The second kappa shape index (κ2) is 9.50. The van der Waals surface area contributed by atoms with E-state index in [0.29, 0.717) is 5.92 Å². The van der Waals surface area contributed by atoms with Gasteiger partial charge < -0.3 is 0 Å². The van der Waals surface area contributed by atoms with E-state index in [4.69, 9.17) is 11.6 Å². The van der Waals surface area contributed by atoms with Crippen LogP contribution in [-0.4, -0.2) is 5.71 Å². The summed E-state index contributed by atoms with van der Waals surface area (Å²) in [6.45, 7) is 11.5. The molecule has 0 radical (unpaired) electrons. The van der Waals surface area contributed by atoms with Crippen LogP contribution in [0.4, 0.5) is 5.69 Å². The fraction of sp³-hybridized carbons (Fsp3) is 0.109. The van der Waals surface area contributed by atoms with Crippen LogP contribution < -0.4 is 10.4 Å². The van der Waals surface area contributed by atoms with Crippen LogP contribution in [0.15, 0.2) is 157 Å². The van der Waals surface area contributed by atoms with E-state index in [1.807, 2.05) is 0 Å². The van der Waals surface area contributed by atoms with Crippen LogP contribution in [0, 0.1) is 5.92 Å². The van der Waals surface area contributed by atoms with Gasteiger partial charge in [0.25, 0.3) is 0 Å². The lowest BCUT2D eigenvalue weighted by Gasteiger charge is -2.26. The summed E-state index contributed by atoms with van der Waals surface area (Å²) in [4.78, 5) is 5.32. The number of rotatable bonds is 2. The molecule has 2 unspecified atom stereocenters. The largest absolute Gasteiger partial charge is 0.252 e. The minimum absolute atomic E-state index is 0.223. The van der Waals surface area contributed by atoms with E-state index in [1.54, 1.807) is 0 Å². The highest BCUT2D eigenvalue weighted by atomic mass is 14.8. The predicted octanol–water partition coefficient (Wildman–Crippen LogP) is 9.63. The van der Waals surface area contributed by atoms with Gasteiger partial charge in [0.15, 0.2) is 0 Å². The lowest BCUT2D eigenvalue weighted by molar-refractivity contribution is 0.802. The van der Waals surface area contributed by atoms with Crippen LogP contribution in [0.2, 0.25) is 0 Å². The summed E-state index contributed by atoms with van der Waals surface area (Å²) < 4.78 is 0. The van der Waals surface area contributed by atoms with Crippen molar-refractivity contribution in [2.24, 2.45) is 10.9 Å². The molecule has 0 spiro atoms. The summed E-state index contributed by atoms with van der Waals surface area (Å²) in [5, 5.41) is 5.50. The van der Waals surface area contributed by atoms with E-state index >= 15 is 0 Å². The summed E-state index contributed by atoms with van der Waals surface area (Å²) >= 11 is 0. The Morgan fingerprint density at radius 1 is 0.787 bits per heavy atom. The highest BCUT2D eigenvalue weighted by Gasteiger charge is 2.60. The molecule has 1 heteroatoms. The highest BCUT2D eigenvalue weighted by Crippen LogP contribution is 2.66. The maximum absolute atomic E-state index is 5.32. The Labute approximate surface area is 275 Å². The number of allylic oxidation sites excluding steroid dienone is 7. The average molecular weight is 600 g/mol. The van der Waals surface area contributed by atoms with Gasteiger partial charge >= 0.3 is 0 Å². The quantitative estimate of drug-likeness (QED) is 0.179. The standard InChI is InChI=1S/C46H33N/c1-27-34-12-4-6-14-37(34)38-15-7-5-13-36(38)29(3)47-42-26-33(21-24-35(27)42)46-25-9-16-41(45(46)28(46)2)39-22-19-32-18-17-30-10-8-11-31-20-23-40(39)44(32)43(30)31/h4-17,19-26,32,45H,1-2,18H2,3H3/b47-29+/t32?,45?,46-/m1/s1. The monoisotopic (exact) mass is 599 g/mol. The fourth-order valence-electron chi connectivity index (χ4n) is 9.00. The zero-order valence-corrected chi connectivity index (χ0v) is 26.4. The first kappa shape index (κ1) is 26.7. The smallest absolute Gasteiger partial charge is 0.0714 e. The highest BCUT2D eigenvalue weighted by molar-refractivity contribution is 6.08. The van der Waals surface area contributed by atoms with E-state index < -0.39 is 0 Å².